The normalized spacial score (nSPS) is 19.1. The van der Waals surface area contributed by atoms with Crippen molar-refractivity contribution in [2.45, 2.75) is 38.7 Å². The van der Waals surface area contributed by atoms with Gasteiger partial charge in [-0.2, -0.15) is 5.10 Å². The summed E-state index contributed by atoms with van der Waals surface area (Å²) < 4.78 is 8.73. The van der Waals surface area contributed by atoms with E-state index in [9.17, 15) is 0 Å². The Bertz CT molecular complexity index is 551. The van der Waals surface area contributed by atoms with Crippen LogP contribution in [0.2, 0.25) is 0 Å². The number of thiazole rings is 1. The number of ether oxygens (including phenoxy) is 1. The highest BCUT2D eigenvalue weighted by Gasteiger charge is 2.17. The number of aryl methyl sites for hydroxylation is 2. The smallest absolute Gasteiger partial charge is 0.187 e. The van der Waals surface area contributed by atoms with Crippen LogP contribution in [0.5, 0.6) is 0 Å². The van der Waals surface area contributed by atoms with Gasteiger partial charge in [0.05, 0.1) is 16.5 Å². The average molecular weight is 294 g/mol. The first-order chi connectivity index (χ1) is 9.65. The first kappa shape index (κ1) is 13.8. The number of rotatable bonds is 5. The molecule has 1 aliphatic rings. The minimum absolute atomic E-state index is 0.491. The zero-order valence-corrected chi connectivity index (χ0v) is 13.2. The van der Waals surface area contributed by atoms with Gasteiger partial charge in [-0.15, -0.1) is 0 Å². The second-order valence-corrected chi connectivity index (χ2v) is 6.53. The van der Waals surface area contributed by atoms with Crippen LogP contribution in [-0.2, 0) is 11.8 Å². The lowest BCUT2D eigenvalue weighted by Gasteiger charge is -2.16. The van der Waals surface area contributed by atoms with E-state index in [0.717, 1.165) is 42.5 Å². The molecule has 0 aliphatic carbocycles. The SMILES string of the molecule is Cc1nn(C)c2nc(N(C)CCC[C@H]3CCCO3)sc12. The second kappa shape index (κ2) is 5.69. The summed E-state index contributed by atoms with van der Waals surface area (Å²) in [6, 6.07) is 0. The number of anilines is 1. The summed E-state index contributed by atoms with van der Waals surface area (Å²) in [6.07, 6.45) is 5.27. The van der Waals surface area contributed by atoms with Crippen molar-refractivity contribution in [2.75, 3.05) is 25.1 Å². The predicted octanol–water partition coefficient (Wildman–Crippen LogP) is 2.73. The Balaban J connectivity index is 1.60. The third-order valence-corrected chi connectivity index (χ3v) is 5.17. The van der Waals surface area contributed by atoms with E-state index in [2.05, 4.69) is 17.0 Å². The Morgan fingerprint density at radius 3 is 3.05 bits per heavy atom. The second-order valence-electron chi connectivity index (χ2n) is 5.56. The summed E-state index contributed by atoms with van der Waals surface area (Å²) in [6.45, 7) is 4.03. The molecule has 0 saturated carbocycles. The maximum Gasteiger partial charge on any atom is 0.187 e. The molecule has 20 heavy (non-hydrogen) atoms. The van der Waals surface area contributed by atoms with E-state index in [4.69, 9.17) is 9.72 Å². The van der Waals surface area contributed by atoms with Gasteiger partial charge in [-0.25, -0.2) is 9.67 Å². The number of hydrogen-bond acceptors (Lipinski definition) is 5. The lowest BCUT2D eigenvalue weighted by atomic mass is 10.1. The monoisotopic (exact) mass is 294 g/mol. The van der Waals surface area contributed by atoms with Crippen LogP contribution in [-0.4, -0.2) is 41.1 Å². The first-order valence-electron chi connectivity index (χ1n) is 7.28. The molecule has 0 N–H and O–H groups in total. The standard InChI is InChI=1S/C14H22N4OS/c1-10-12-13(18(3)16-10)15-14(20-12)17(2)8-4-6-11-7-5-9-19-11/h11H,4-9H2,1-3H3/t11-/m0/s1. The number of hydrogen-bond donors (Lipinski definition) is 0. The summed E-state index contributed by atoms with van der Waals surface area (Å²) in [5.41, 5.74) is 2.06. The van der Waals surface area contributed by atoms with Gasteiger partial charge in [0.1, 0.15) is 0 Å². The molecule has 1 fully saturated rings. The molecule has 2 aromatic heterocycles. The van der Waals surface area contributed by atoms with Crippen LogP contribution in [0.15, 0.2) is 0 Å². The van der Waals surface area contributed by atoms with Gasteiger partial charge in [-0.1, -0.05) is 11.3 Å². The van der Waals surface area contributed by atoms with Gasteiger partial charge in [0, 0.05) is 27.2 Å². The molecule has 0 spiro atoms. The summed E-state index contributed by atoms with van der Waals surface area (Å²) >= 11 is 1.74. The van der Waals surface area contributed by atoms with E-state index < -0.39 is 0 Å². The fraction of sp³-hybridized carbons (Fsp3) is 0.714. The van der Waals surface area contributed by atoms with Crippen LogP contribution >= 0.6 is 11.3 Å². The van der Waals surface area contributed by atoms with Crippen LogP contribution in [0.25, 0.3) is 10.3 Å². The molecule has 1 saturated heterocycles. The number of aromatic nitrogens is 3. The van der Waals surface area contributed by atoms with Crippen molar-refractivity contribution in [3.05, 3.63) is 5.69 Å². The molecule has 110 valence electrons. The Morgan fingerprint density at radius 1 is 1.50 bits per heavy atom. The minimum Gasteiger partial charge on any atom is -0.378 e. The van der Waals surface area contributed by atoms with Gasteiger partial charge in [0.15, 0.2) is 10.8 Å². The Morgan fingerprint density at radius 2 is 2.35 bits per heavy atom. The number of nitrogens with zero attached hydrogens (tertiary/aromatic N) is 4. The van der Waals surface area contributed by atoms with Crippen LogP contribution in [0.1, 0.15) is 31.4 Å². The Hall–Kier alpha value is -1.14. The summed E-state index contributed by atoms with van der Waals surface area (Å²) in [5.74, 6) is 0. The minimum atomic E-state index is 0.491. The van der Waals surface area contributed by atoms with E-state index in [1.54, 1.807) is 11.3 Å². The lowest BCUT2D eigenvalue weighted by Crippen LogP contribution is -2.19. The third-order valence-electron chi connectivity index (χ3n) is 3.90. The van der Waals surface area contributed by atoms with E-state index >= 15 is 0 Å². The molecular formula is C14H22N4OS. The Labute approximate surface area is 123 Å². The molecule has 3 rings (SSSR count). The molecule has 0 amide bonds. The summed E-state index contributed by atoms with van der Waals surface area (Å²) in [7, 11) is 4.08. The predicted molar refractivity (Wildman–Crippen MR) is 82.6 cm³/mol. The molecule has 5 nitrogen and oxygen atoms in total. The van der Waals surface area contributed by atoms with Crippen molar-refractivity contribution >= 4 is 26.8 Å². The van der Waals surface area contributed by atoms with Gasteiger partial charge in [-0.3, -0.25) is 0 Å². The van der Waals surface area contributed by atoms with Gasteiger partial charge in [0.2, 0.25) is 0 Å². The molecule has 3 heterocycles. The fourth-order valence-electron chi connectivity index (χ4n) is 2.76. The molecular weight excluding hydrogens is 272 g/mol. The first-order valence-corrected chi connectivity index (χ1v) is 8.09. The molecule has 6 heteroatoms. The van der Waals surface area contributed by atoms with Crippen LogP contribution in [0.3, 0.4) is 0 Å². The largest absolute Gasteiger partial charge is 0.378 e. The van der Waals surface area contributed by atoms with E-state index in [1.165, 1.54) is 17.5 Å². The van der Waals surface area contributed by atoms with Crippen molar-refractivity contribution in [3.8, 4) is 0 Å². The molecule has 1 aliphatic heterocycles. The zero-order valence-electron chi connectivity index (χ0n) is 12.4. The van der Waals surface area contributed by atoms with Crippen molar-refractivity contribution in [1.82, 2.24) is 14.8 Å². The van der Waals surface area contributed by atoms with Crippen molar-refractivity contribution in [3.63, 3.8) is 0 Å². The van der Waals surface area contributed by atoms with Crippen LogP contribution < -0.4 is 4.90 Å². The van der Waals surface area contributed by atoms with E-state index in [-0.39, 0.29) is 0 Å². The van der Waals surface area contributed by atoms with Gasteiger partial charge < -0.3 is 9.64 Å². The van der Waals surface area contributed by atoms with Crippen molar-refractivity contribution < 1.29 is 4.74 Å². The fourth-order valence-corrected chi connectivity index (χ4v) is 3.78. The van der Waals surface area contributed by atoms with Gasteiger partial charge in [-0.05, 0) is 32.6 Å². The maximum absolute atomic E-state index is 5.66. The summed E-state index contributed by atoms with van der Waals surface area (Å²) in [5, 5.41) is 5.48. The highest BCUT2D eigenvalue weighted by Crippen LogP contribution is 2.30. The quantitative estimate of drug-likeness (QED) is 0.850. The van der Waals surface area contributed by atoms with Crippen molar-refractivity contribution in [2.24, 2.45) is 7.05 Å². The van der Waals surface area contributed by atoms with Crippen LogP contribution in [0.4, 0.5) is 5.13 Å². The van der Waals surface area contributed by atoms with Crippen LogP contribution in [0, 0.1) is 6.92 Å². The van der Waals surface area contributed by atoms with Crippen molar-refractivity contribution in [1.29, 1.82) is 0 Å². The average Bonchev–Trinajstić information content (AvgIpc) is 3.11. The Kier molecular flexibility index (Phi) is 3.94. The highest BCUT2D eigenvalue weighted by atomic mass is 32.1. The highest BCUT2D eigenvalue weighted by molar-refractivity contribution is 7.22. The van der Waals surface area contributed by atoms with Gasteiger partial charge in [0.25, 0.3) is 0 Å². The molecule has 2 aromatic rings. The maximum atomic E-state index is 5.66. The molecule has 0 aromatic carbocycles. The number of fused-ring (bicyclic) bond motifs is 1. The van der Waals surface area contributed by atoms with E-state index in [1.807, 2.05) is 18.7 Å². The molecule has 0 radical (unpaired) electrons. The van der Waals surface area contributed by atoms with E-state index in [0.29, 0.717) is 6.10 Å². The molecule has 1 atom stereocenters. The molecule has 0 bridgehead atoms. The third kappa shape index (κ3) is 2.67. The zero-order chi connectivity index (χ0) is 14.1. The molecule has 0 unspecified atom stereocenters. The lowest BCUT2D eigenvalue weighted by molar-refractivity contribution is 0.103. The van der Waals surface area contributed by atoms with Gasteiger partial charge >= 0.3 is 0 Å². The summed E-state index contributed by atoms with van der Waals surface area (Å²) in [4.78, 5) is 6.95. The topological polar surface area (TPSA) is 43.2 Å².